The molecule has 0 N–H and O–H groups in total. The monoisotopic (exact) mass is 140 g/mol. The number of hydrogen-bond acceptors (Lipinski definition) is 3. The molecule has 0 aliphatic rings. The molecule has 0 bridgehead atoms. The first kappa shape index (κ1) is 3.00. The van der Waals surface area contributed by atoms with Crippen LogP contribution in [0.5, 0.6) is 0 Å². The molecule has 3 nitrogen and oxygen atoms in total. The van der Waals surface area contributed by atoms with E-state index in [1.807, 2.05) is 0 Å². The van der Waals surface area contributed by atoms with Crippen LogP contribution in [-0.4, -0.2) is 15.2 Å². The van der Waals surface area contributed by atoms with Gasteiger partial charge in [0.15, 0.2) is 0 Å². The second-order valence-electron chi connectivity index (χ2n) is 0.485. The van der Waals surface area contributed by atoms with Crippen molar-refractivity contribution in [3.63, 3.8) is 0 Å². The molecule has 0 aliphatic heterocycles. The fourth-order valence-corrected chi connectivity index (χ4v) is 0.321. The van der Waals surface area contributed by atoms with Crippen molar-refractivity contribution in [2.24, 2.45) is 0 Å². The van der Waals surface area contributed by atoms with Gasteiger partial charge < -0.3 is 0 Å². The first-order valence-electron chi connectivity index (χ1n) is 0.946. The van der Waals surface area contributed by atoms with Gasteiger partial charge in [-0.05, 0) is 0 Å². The Labute approximate surface area is 33.6 Å². The molecule has 0 spiro atoms. The fourth-order valence-electron chi connectivity index (χ4n) is 0.0618. The molecule has 28 valence electrons. The molecule has 0 unspecified atom stereocenters. The summed E-state index contributed by atoms with van der Waals surface area (Å²) in [6, 6.07) is 0. The summed E-state index contributed by atoms with van der Waals surface area (Å²) in [4.78, 5) is 9.47. The van der Waals surface area contributed by atoms with E-state index in [1.165, 1.54) is 0 Å². The molecule has 0 amide bonds. The Hall–Kier alpha value is -0.211. The van der Waals surface area contributed by atoms with E-state index in [2.05, 4.69) is 6.96 Å². The van der Waals surface area contributed by atoms with Crippen molar-refractivity contribution >= 4 is 15.2 Å². The molecule has 0 saturated heterocycles. The zero-order valence-corrected chi connectivity index (χ0v) is 3.85. The summed E-state index contributed by atoms with van der Waals surface area (Å²) in [5, 5.41) is 0. The van der Waals surface area contributed by atoms with E-state index in [4.69, 9.17) is 0 Å². The third-order valence-corrected chi connectivity index (χ3v) is 1.06. The summed E-state index contributed by atoms with van der Waals surface area (Å²) in [5.41, 5.74) is 0. The minimum atomic E-state index is -0.537. The average molecular weight is 139 g/mol. The van der Waals surface area contributed by atoms with E-state index in [9.17, 15) is 4.79 Å². The third kappa shape index (κ3) is 0.362. The summed E-state index contributed by atoms with van der Waals surface area (Å²) in [6.07, 6.45) is 0. The van der Waals surface area contributed by atoms with Gasteiger partial charge >= 0.3 is 32.8 Å². The molecule has 1 heterocycles. The molecule has 0 saturated carbocycles. The van der Waals surface area contributed by atoms with Crippen molar-refractivity contribution in [2.45, 2.75) is 0 Å². The summed E-state index contributed by atoms with van der Waals surface area (Å²) in [5.74, 6) is -0.537. The Morgan fingerprint density at radius 2 is 2.00 bits per heavy atom. The molecule has 1 rings (SSSR count). The van der Waals surface area contributed by atoms with Crippen LogP contribution in [0.3, 0.4) is 0 Å². The van der Waals surface area contributed by atoms with Gasteiger partial charge in [-0.15, -0.1) is 0 Å². The van der Waals surface area contributed by atoms with Crippen LogP contribution in [-0.2, 0) is 0 Å². The van der Waals surface area contributed by atoms with Gasteiger partial charge in [0.05, 0.1) is 0 Å². The Morgan fingerprint density at radius 1 is 1.60 bits per heavy atom. The van der Waals surface area contributed by atoms with Gasteiger partial charge in [-0.1, -0.05) is 0 Å². The maximum absolute atomic E-state index is 9.47. The van der Waals surface area contributed by atoms with E-state index in [1.54, 1.807) is 0 Å². The van der Waals surface area contributed by atoms with E-state index in [0.717, 1.165) is 0 Å². The Balaban J connectivity index is 3.29. The molecule has 4 heteroatoms. The molecule has 0 aromatic carbocycles. The van der Waals surface area contributed by atoms with Crippen LogP contribution in [0.4, 0.5) is 0 Å². The Bertz CT molecular complexity index is 121. The Kier molecular flexibility index (Phi) is 0.528. The van der Waals surface area contributed by atoms with Crippen LogP contribution in [0.2, 0.25) is 0 Å². The van der Waals surface area contributed by atoms with Crippen LogP contribution in [0.15, 0.2) is 11.8 Å². The fraction of sp³-hybridized carbons (Fsp3) is 0. The molecular weight excluding hydrogens is 139 g/mol. The van der Waals surface area contributed by atoms with Crippen molar-refractivity contribution in [3.8, 4) is 0 Å². The zero-order chi connectivity index (χ0) is 3.70. The van der Waals surface area contributed by atoms with Crippen LogP contribution in [0.25, 0.3) is 0 Å². The molecule has 0 fully saturated rings. The van der Waals surface area contributed by atoms with Gasteiger partial charge in [-0.3, -0.25) is 0 Å². The molecule has 1 aromatic rings. The van der Waals surface area contributed by atoms with Crippen LogP contribution >= 0.6 is 0 Å². The van der Waals surface area contributed by atoms with Crippen molar-refractivity contribution in [1.29, 1.82) is 0 Å². The van der Waals surface area contributed by atoms with Crippen LogP contribution < -0.4 is 5.82 Å². The molecule has 5 heavy (non-hydrogen) atoms. The van der Waals surface area contributed by atoms with Gasteiger partial charge in [-0.25, -0.2) is 0 Å². The van der Waals surface area contributed by atoms with Gasteiger partial charge in [-0.2, -0.15) is 0 Å². The van der Waals surface area contributed by atoms with Crippen molar-refractivity contribution in [3.05, 3.63) is 10.6 Å². The Morgan fingerprint density at radius 3 is 2.00 bits per heavy atom. The van der Waals surface area contributed by atoms with E-state index >= 15 is 0 Å². The van der Waals surface area contributed by atoms with Crippen LogP contribution in [0, 0.1) is 0 Å². The first-order chi connectivity index (χ1) is 2.39. The topological polar surface area (TPSA) is 43.4 Å². The number of rotatable bonds is 0. The predicted molar refractivity (Wildman–Crippen MR) is 14.2 cm³/mol. The summed E-state index contributed by atoms with van der Waals surface area (Å²) in [7, 11) is 0. The third-order valence-electron chi connectivity index (χ3n) is 0.204. The predicted octanol–water partition coefficient (Wildman–Crippen LogP) is -0.710. The van der Waals surface area contributed by atoms with Gasteiger partial charge in [0.1, 0.15) is 0 Å². The molecular formula is CO3Se. The van der Waals surface area contributed by atoms with Crippen LogP contribution in [0.1, 0.15) is 0 Å². The second-order valence-corrected chi connectivity index (χ2v) is 1.47. The second kappa shape index (κ2) is 0.880. The van der Waals surface area contributed by atoms with Gasteiger partial charge in [0.2, 0.25) is 0 Å². The van der Waals surface area contributed by atoms with Gasteiger partial charge in [0, 0.05) is 0 Å². The van der Waals surface area contributed by atoms with Crippen molar-refractivity contribution < 1.29 is 6.96 Å². The zero-order valence-electron chi connectivity index (χ0n) is 2.13. The quantitative estimate of drug-likeness (QED) is 0.446. The number of hydrogen-bond donors (Lipinski definition) is 0. The van der Waals surface area contributed by atoms with E-state index < -0.39 is 5.82 Å². The average Bonchev–Trinajstić information content (AvgIpc) is 1.30. The summed E-state index contributed by atoms with van der Waals surface area (Å²) < 4.78 is 8.26. The summed E-state index contributed by atoms with van der Waals surface area (Å²) >= 11 is -0.281. The first-order valence-corrected chi connectivity index (χ1v) is 2.34. The van der Waals surface area contributed by atoms with E-state index in [0.29, 0.717) is 0 Å². The molecule has 0 radical (unpaired) electrons. The van der Waals surface area contributed by atoms with E-state index in [-0.39, 0.29) is 15.2 Å². The van der Waals surface area contributed by atoms with Gasteiger partial charge in [0.25, 0.3) is 0 Å². The minimum absolute atomic E-state index is 0.281. The van der Waals surface area contributed by atoms with Crippen molar-refractivity contribution in [1.82, 2.24) is 0 Å². The normalized spacial score (nSPS) is 8.80. The molecule has 0 atom stereocenters. The standard InChI is InChI=1S/CO3Se/c2-1-3-5-4-1. The molecule has 1 aromatic heterocycles. The SMILES string of the molecule is O=c1o[se]o1. The summed E-state index contributed by atoms with van der Waals surface area (Å²) in [6.45, 7) is 0. The molecule has 0 aliphatic carbocycles. The maximum atomic E-state index is 9.47. The van der Waals surface area contributed by atoms with Crippen molar-refractivity contribution in [2.75, 3.05) is 0 Å².